The van der Waals surface area contributed by atoms with Gasteiger partial charge in [-0.15, -0.1) is 0 Å². The molecule has 0 saturated carbocycles. The molecule has 0 spiro atoms. The fourth-order valence-electron chi connectivity index (χ4n) is 1.63. The van der Waals surface area contributed by atoms with Crippen molar-refractivity contribution < 1.29 is 4.79 Å². The maximum absolute atomic E-state index is 11.4. The third-order valence-electron chi connectivity index (χ3n) is 2.68. The standard InChI is InChI=1S/C14H22N2O/c1-4-8-15-14(17)10-16-12(3)13-7-5-6-11(2)9-13/h5-7,9,12,16H,4,8,10H2,1-3H3,(H,15,17). The molecular weight excluding hydrogens is 212 g/mol. The summed E-state index contributed by atoms with van der Waals surface area (Å²) in [6.07, 6.45) is 0.971. The van der Waals surface area contributed by atoms with Gasteiger partial charge in [-0.2, -0.15) is 0 Å². The molecule has 3 heteroatoms. The first-order valence-corrected chi connectivity index (χ1v) is 6.20. The number of rotatable bonds is 6. The van der Waals surface area contributed by atoms with Crippen molar-refractivity contribution in [2.24, 2.45) is 0 Å². The third-order valence-corrected chi connectivity index (χ3v) is 2.68. The van der Waals surface area contributed by atoms with Gasteiger partial charge >= 0.3 is 0 Å². The first-order valence-electron chi connectivity index (χ1n) is 6.20. The molecule has 0 aromatic heterocycles. The van der Waals surface area contributed by atoms with Crippen molar-refractivity contribution in [3.8, 4) is 0 Å². The van der Waals surface area contributed by atoms with Crippen LogP contribution in [-0.4, -0.2) is 19.0 Å². The van der Waals surface area contributed by atoms with E-state index >= 15 is 0 Å². The van der Waals surface area contributed by atoms with Gasteiger partial charge in [-0.25, -0.2) is 0 Å². The van der Waals surface area contributed by atoms with Crippen LogP contribution >= 0.6 is 0 Å². The predicted octanol–water partition coefficient (Wildman–Crippen LogP) is 2.17. The van der Waals surface area contributed by atoms with Crippen molar-refractivity contribution in [3.63, 3.8) is 0 Å². The second-order valence-corrected chi connectivity index (χ2v) is 4.37. The van der Waals surface area contributed by atoms with E-state index in [2.05, 4.69) is 42.7 Å². The molecule has 2 N–H and O–H groups in total. The van der Waals surface area contributed by atoms with Crippen molar-refractivity contribution >= 4 is 5.91 Å². The summed E-state index contributed by atoms with van der Waals surface area (Å²) < 4.78 is 0. The Balaban J connectivity index is 2.39. The molecule has 0 saturated heterocycles. The Hall–Kier alpha value is -1.35. The molecule has 94 valence electrons. The Morgan fingerprint density at radius 2 is 2.18 bits per heavy atom. The highest BCUT2D eigenvalue weighted by Crippen LogP contribution is 2.13. The highest BCUT2D eigenvalue weighted by molar-refractivity contribution is 5.77. The number of nitrogens with one attached hydrogen (secondary N) is 2. The minimum atomic E-state index is 0.0614. The zero-order valence-corrected chi connectivity index (χ0v) is 10.9. The molecular formula is C14H22N2O. The Morgan fingerprint density at radius 1 is 1.41 bits per heavy atom. The fourth-order valence-corrected chi connectivity index (χ4v) is 1.63. The number of hydrogen-bond donors (Lipinski definition) is 2. The number of amides is 1. The Labute approximate surface area is 104 Å². The molecule has 0 aliphatic carbocycles. The molecule has 3 nitrogen and oxygen atoms in total. The van der Waals surface area contributed by atoms with Crippen molar-refractivity contribution in [1.29, 1.82) is 0 Å². The van der Waals surface area contributed by atoms with Crippen LogP contribution in [0.2, 0.25) is 0 Å². The quantitative estimate of drug-likeness (QED) is 0.792. The molecule has 1 aromatic rings. The smallest absolute Gasteiger partial charge is 0.233 e. The van der Waals surface area contributed by atoms with Gasteiger partial charge in [0, 0.05) is 12.6 Å². The number of hydrogen-bond acceptors (Lipinski definition) is 2. The summed E-state index contributed by atoms with van der Waals surface area (Å²) in [4.78, 5) is 11.4. The number of aryl methyl sites for hydroxylation is 1. The summed E-state index contributed by atoms with van der Waals surface area (Å²) in [5, 5.41) is 6.07. The van der Waals surface area contributed by atoms with E-state index in [1.54, 1.807) is 0 Å². The third kappa shape index (κ3) is 5.00. The van der Waals surface area contributed by atoms with Gasteiger partial charge in [0.15, 0.2) is 0 Å². The number of carbonyl (C=O) groups is 1. The molecule has 0 aliphatic heterocycles. The summed E-state index contributed by atoms with van der Waals surface area (Å²) in [7, 11) is 0. The summed E-state index contributed by atoms with van der Waals surface area (Å²) in [6.45, 7) is 7.31. The van der Waals surface area contributed by atoms with Crippen molar-refractivity contribution in [2.75, 3.05) is 13.1 Å². The van der Waals surface area contributed by atoms with Crippen LogP contribution in [0.25, 0.3) is 0 Å². The highest BCUT2D eigenvalue weighted by Gasteiger charge is 2.06. The van der Waals surface area contributed by atoms with Gasteiger partial charge in [0.25, 0.3) is 0 Å². The van der Waals surface area contributed by atoms with Gasteiger partial charge in [-0.1, -0.05) is 36.8 Å². The lowest BCUT2D eigenvalue weighted by molar-refractivity contribution is -0.120. The lowest BCUT2D eigenvalue weighted by atomic mass is 10.1. The van der Waals surface area contributed by atoms with E-state index in [1.165, 1.54) is 11.1 Å². The van der Waals surface area contributed by atoms with E-state index in [0.717, 1.165) is 13.0 Å². The maximum atomic E-state index is 11.4. The molecule has 1 unspecified atom stereocenters. The van der Waals surface area contributed by atoms with Gasteiger partial charge in [-0.05, 0) is 25.8 Å². The maximum Gasteiger partial charge on any atom is 0.233 e. The largest absolute Gasteiger partial charge is 0.355 e. The molecule has 1 atom stereocenters. The predicted molar refractivity (Wildman–Crippen MR) is 70.9 cm³/mol. The lowest BCUT2D eigenvalue weighted by Gasteiger charge is -2.14. The normalized spacial score (nSPS) is 12.2. The molecule has 0 heterocycles. The van der Waals surface area contributed by atoms with Crippen LogP contribution < -0.4 is 10.6 Å². The summed E-state index contributed by atoms with van der Waals surface area (Å²) in [5.41, 5.74) is 2.46. The van der Waals surface area contributed by atoms with Crippen LogP contribution in [0.4, 0.5) is 0 Å². The zero-order valence-electron chi connectivity index (χ0n) is 10.9. The molecule has 0 radical (unpaired) electrons. The number of carbonyl (C=O) groups excluding carboxylic acids is 1. The molecule has 1 amide bonds. The van der Waals surface area contributed by atoms with E-state index < -0.39 is 0 Å². The van der Waals surface area contributed by atoms with E-state index in [1.807, 2.05) is 13.0 Å². The molecule has 17 heavy (non-hydrogen) atoms. The summed E-state index contributed by atoms with van der Waals surface area (Å²) >= 11 is 0. The van der Waals surface area contributed by atoms with E-state index in [-0.39, 0.29) is 11.9 Å². The summed E-state index contributed by atoms with van der Waals surface area (Å²) in [5.74, 6) is 0.0614. The molecule has 0 fully saturated rings. The SMILES string of the molecule is CCCNC(=O)CNC(C)c1cccc(C)c1. The second-order valence-electron chi connectivity index (χ2n) is 4.37. The highest BCUT2D eigenvalue weighted by atomic mass is 16.1. The Bertz CT molecular complexity index is 363. The minimum Gasteiger partial charge on any atom is -0.355 e. The topological polar surface area (TPSA) is 41.1 Å². The zero-order chi connectivity index (χ0) is 12.7. The van der Waals surface area contributed by atoms with Crippen LogP contribution in [0.5, 0.6) is 0 Å². The first-order chi connectivity index (χ1) is 8.13. The van der Waals surface area contributed by atoms with Gasteiger partial charge in [0.1, 0.15) is 0 Å². The van der Waals surface area contributed by atoms with Crippen LogP contribution in [0, 0.1) is 6.92 Å². The molecule has 1 rings (SSSR count). The monoisotopic (exact) mass is 234 g/mol. The van der Waals surface area contributed by atoms with Crippen LogP contribution in [0.15, 0.2) is 24.3 Å². The molecule has 0 aliphatic rings. The second kappa shape index (κ2) is 7.07. The van der Waals surface area contributed by atoms with Crippen LogP contribution in [0.1, 0.15) is 37.4 Å². The Kier molecular flexibility index (Phi) is 5.70. The van der Waals surface area contributed by atoms with Crippen LogP contribution in [-0.2, 0) is 4.79 Å². The average molecular weight is 234 g/mol. The summed E-state index contributed by atoms with van der Waals surface area (Å²) in [6, 6.07) is 8.53. The molecule has 0 bridgehead atoms. The van der Waals surface area contributed by atoms with Gasteiger partial charge in [-0.3, -0.25) is 4.79 Å². The van der Waals surface area contributed by atoms with Crippen molar-refractivity contribution in [2.45, 2.75) is 33.2 Å². The number of benzene rings is 1. The Morgan fingerprint density at radius 3 is 2.82 bits per heavy atom. The average Bonchev–Trinajstić information content (AvgIpc) is 2.33. The van der Waals surface area contributed by atoms with Crippen molar-refractivity contribution in [1.82, 2.24) is 10.6 Å². The molecule has 1 aromatic carbocycles. The van der Waals surface area contributed by atoms with Gasteiger partial charge < -0.3 is 10.6 Å². The minimum absolute atomic E-state index is 0.0614. The van der Waals surface area contributed by atoms with E-state index in [0.29, 0.717) is 6.54 Å². The van der Waals surface area contributed by atoms with Gasteiger partial charge in [0.05, 0.1) is 6.54 Å². The van der Waals surface area contributed by atoms with E-state index in [9.17, 15) is 4.79 Å². The van der Waals surface area contributed by atoms with E-state index in [4.69, 9.17) is 0 Å². The van der Waals surface area contributed by atoms with Gasteiger partial charge in [0.2, 0.25) is 5.91 Å². The van der Waals surface area contributed by atoms with Crippen LogP contribution in [0.3, 0.4) is 0 Å². The fraction of sp³-hybridized carbons (Fsp3) is 0.500. The lowest BCUT2D eigenvalue weighted by Crippen LogP contribution is -2.35. The first kappa shape index (κ1) is 13.7. The van der Waals surface area contributed by atoms with Crippen molar-refractivity contribution in [3.05, 3.63) is 35.4 Å².